The maximum atomic E-state index is 11.1. The Morgan fingerprint density at radius 2 is 2.28 bits per heavy atom. The van der Waals surface area contributed by atoms with Gasteiger partial charge in [-0.05, 0) is 19.1 Å². The zero-order valence-corrected chi connectivity index (χ0v) is 10.9. The van der Waals surface area contributed by atoms with Crippen molar-refractivity contribution >= 4 is 34.2 Å². The van der Waals surface area contributed by atoms with Crippen molar-refractivity contribution < 1.29 is 9.53 Å². The Balaban J connectivity index is 2.43. The minimum atomic E-state index is -0.320. The molecule has 18 heavy (non-hydrogen) atoms. The van der Waals surface area contributed by atoms with E-state index in [2.05, 4.69) is 15.0 Å². The lowest BCUT2D eigenvalue weighted by Gasteiger charge is -2.10. The summed E-state index contributed by atoms with van der Waals surface area (Å²) >= 11 is 6.11. The molecule has 0 aliphatic carbocycles. The molecule has 2 rings (SSSR count). The van der Waals surface area contributed by atoms with Gasteiger partial charge in [-0.25, -0.2) is 0 Å². The quantitative estimate of drug-likeness (QED) is 0.866. The molecule has 94 valence electrons. The summed E-state index contributed by atoms with van der Waals surface area (Å²) in [7, 11) is 1.36. The maximum Gasteiger partial charge on any atom is 0.325 e. The van der Waals surface area contributed by atoms with Crippen molar-refractivity contribution in [1.29, 1.82) is 0 Å². The number of ether oxygens (including phenoxy) is 1. The van der Waals surface area contributed by atoms with E-state index in [1.54, 1.807) is 6.07 Å². The highest BCUT2D eigenvalue weighted by atomic mass is 35.5. The van der Waals surface area contributed by atoms with Crippen LogP contribution in [0.2, 0.25) is 5.02 Å². The van der Waals surface area contributed by atoms with Crippen LogP contribution in [-0.2, 0) is 9.53 Å². The number of carbonyl (C=O) groups is 1. The highest BCUT2D eigenvalue weighted by Gasteiger charge is 2.08. The lowest BCUT2D eigenvalue weighted by molar-refractivity contribution is -0.138. The molecular formula is C13H13ClN2O2. The first-order valence-electron chi connectivity index (χ1n) is 5.48. The molecule has 0 aliphatic rings. The summed E-state index contributed by atoms with van der Waals surface area (Å²) in [5.41, 5.74) is 2.39. The smallest absolute Gasteiger partial charge is 0.325 e. The Morgan fingerprint density at radius 3 is 3.00 bits per heavy atom. The van der Waals surface area contributed by atoms with E-state index in [1.165, 1.54) is 7.11 Å². The third-order valence-electron chi connectivity index (χ3n) is 2.57. The SMILES string of the molecule is COC(=O)CNc1cc(C)nc2c(Cl)cccc12. The van der Waals surface area contributed by atoms with E-state index >= 15 is 0 Å². The van der Waals surface area contributed by atoms with Gasteiger partial charge < -0.3 is 10.1 Å². The van der Waals surface area contributed by atoms with Crippen molar-refractivity contribution in [2.45, 2.75) is 6.92 Å². The minimum Gasteiger partial charge on any atom is -0.468 e. The number of para-hydroxylation sites is 1. The van der Waals surface area contributed by atoms with Gasteiger partial charge in [0.05, 0.1) is 17.6 Å². The standard InChI is InChI=1S/C13H13ClN2O2/c1-8-6-11(15-7-12(17)18-2)9-4-3-5-10(14)13(9)16-8/h3-6H,7H2,1-2H3,(H,15,16). The molecule has 1 aromatic carbocycles. The van der Waals surface area contributed by atoms with Crippen LogP contribution in [0.4, 0.5) is 5.69 Å². The van der Waals surface area contributed by atoms with E-state index in [0.717, 1.165) is 22.3 Å². The van der Waals surface area contributed by atoms with Gasteiger partial charge in [-0.2, -0.15) is 0 Å². The molecule has 1 heterocycles. The van der Waals surface area contributed by atoms with E-state index in [4.69, 9.17) is 11.6 Å². The molecule has 0 saturated carbocycles. The first kappa shape index (κ1) is 12.6. The average molecular weight is 265 g/mol. The Bertz CT molecular complexity index is 599. The molecule has 0 saturated heterocycles. The molecule has 0 atom stereocenters. The number of hydrogen-bond donors (Lipinski definition) is 1. The number of pyridine rings is 1. The molecule has 0 aliphatic heterocycles. The number of aryl methyl sites for hydroxylation is 1. The van der Waals surface area contributed by atoms with Crippen LogP contribution in [0.3, 0.4) is 0 Å². The fourth-order valence-corrected chi connectivity index (χ4v) is 1.94. The van der Waals surface area contributed by atoms with Crippen molar-refractivity contribution in [1.82, 2.24) is 4.98 Å². The summed E-state index contributed by atoms with van der Waals surface area (Å²) in [6, 6.07) is 7.43. The largest absolute Gasteiger partial charge is 0.468 e. The molecule has 0 radical (unpaired) electrons. The first-order valence-corrected chi connectivity index (χ1v) is 5.86. The van der Waals surface area contributed by atoms with Crippen LogP contribution in [0.1, 0.15) is 5.69 Å². The maximum absolute atomic E-state index is 11.1. The van der Waals surface area contributed by atoms with Crippen LogP contribution >= 0.6 is 11.6 Å². The number of nitrogens with one attached hydrogen (secondary N) is 1. The number of halogens is 1. The molecule has 1 N–H and O–H groups in total. The van der Waals surface area contributed by atoms with Gasteiger partial charge >= 0.3 is 5.97 Å². The van der Waals surface area contributed by atoms with Crippen LogP contribution in [0.15, 0.2) is 24.3 Å². The zero-order chi connectivity index (χ0) is 13.1. The van der Waals surface area contributed by atoms with Gasteiger partial charge in [0.15, 0.2) is 0 Å². The highest BCUT2D eigenvalue weighted by molar-refractivity contribution is 6.35. The molecule has 5 heteroatoms. The van der Waals surface area contributed by atoms with Crippen molar-refractivity contribution in [2.24, 2.45) is 0 Å². The molecule has 0 amide bonds. The van der Waals surface area contributed by atoms with Gasteiger partial charge in [-0.3, -0.25) is 9.78 Å². The normalized spacial score (nSPS) is 10.4. The third kappa shape index (κ3) is 2.54. The van der Waals surface area contributed by atoms with E-state index in [-0.39, 0.29) is 12.5 Å². The first-order chi connectivity index (χ1) is 8.61. The van der Waals surface area contributed by atoms with Crippen molar-refractivity contribution in [3.63, 3.8) is 0 Å². The third-order valence-corrected chi connectivity index (χ3v) is 2.87. The fourth-order valence-electron chi connectivity index (χ4n) is 1.73. The summed E-state index contributed by atoms with van der Waals surface area (Å²) in [4.78, 5) is 15.5. The van der Waals surface area contributed by atoms with E-state index in [0.29, 0.717) is 5.02 Å². The number of hydrogen-bond acceptors (Lipinski definition) is 4. The lowest BCUT2D eigenvalue weighted by atomic mass is 10.1. The second-order valence-electron chi connectivity index (χ2n) is 3.88. The molecule has 4 nitrogen and oxygen atoms in total. The van der Waals surface area contributed by atoms with Gasteiger partial charge in [0.2, 0.25) is 0 Å². The number of nitrogens with zero attached hydrogens (tertiary/aromatic N) is 1. The van der Waals surface area contributed by atoms with E-state index < -0.39 is 0 Å². The average Bonchev–Trinajstić information content (AvgIpc) is 2.36. The summed E-state index contributed by atoms with van der Waals surface area (Å²) in [5, 5.41) is 4.51. The number of anilines is 1. The van der Waals surface area contributed by atoms with Gasteiger partial charge in [0.1, 0.15) is 6.54 Å². The summed E-state index contributed by atoms with van der Waals surface area (Å²) < 4.78 is 4.59. The van der Waals surface area contributed by atoms with Crippen LogP contribution in [0.5, 0.6) is 0 Å². The van der Waals surface area contributed by atoms with Gasteiger partial charge in [0, 0.05) is 16.8 Å². The summed E-state index contributed by atoms with van der Waals surface area (Å²) in [6.45, 7) is 1.99. The van der Waals surface area contributed by atoms with Gasteiger partial charge in [-0.1, -0.05) is 23.7 Å². The topological polar surface area (TPSA) is 51.2 Å². The number of carbonyl (C=O) groups excluding carboxylic acids is 1. The molecule has 0 bridgehead atoms. The number of esters is 1. The zero-order valence-electron chi connectivity index (χ0n) is 10.2. The number of benzene rings is 1. The Kier molecular flexibility index (Phi) is 3.67. The van der Waals surface area contributed by atoms with Crippen LogP contribution in [0, 0.1) is 6.92 Å². The van der Waals surface area contributed by atoms with E-state index in [1.807, 2.05) is 25.1 Å². The lowest BCUT2D eigenvalue weighted by Crippen LogP contribution is -2.15. The van der Waals surface area contributed by atoms with Crippen LogP contribution in [0.25, 0.3) is 10.9 Å². The number of methoxy groups -OCH3 is 1. The fraction of sp³-hybridized carbons (Fsp3) is 0.231. The van der Waals surface area contributed by atoms with Gasteiger partial charge in [-0.15, -0.1) is 0 Å². The summed E-state index contributed by atoms with van der Waals surface area (Å²) in [5.74, 6) is -0.320. The minimum absolute atomic E-state index is 0.113. The Hall–Kier alpha value is -1.81. The molecule has 0 spiro atoms. The molecule has 1 aromatic heterocycles. The predicted molar refractivity (Wildman–Crippen MR) is 72.0 cm³/mol. The highest BCUT2D eigenvalue weighted by Crippen LogP contribution is 2.28. The number of aromatic nitrogens is 1. The van der Waals surface area contributed by atoms with Crippen molar-refractivity contribution in [2.75, 3.05) is 19.0 Å². The monoisotopic (exact) mass is 264 g/mol. The molecule has 2 aromatic rings. The van der Waals surface area contributed by atoms with Crippen molar-refractivity contribution in [3.05, 3.63) is 35.0 Å². The molecule has 0 unspecified atom stereocenters. The van der Waals surface area contributed by atoms with Crippen LogP contribution in [-0.4, -0.2) is 24.6 Å². The molecular weight excluding hydrogens is 252 g/mol. The Morgan fingerprint density at radius 1 is 1.50 bits per heavy atom. The summed E-state index contributed by atoms with van der Waals surface area (Å²) in [6.07, 6.45) is 0. The van der Waals surface area contributed by atoms with Crippen molar-refractivity contribution in [3.8, 4) is 0 Å². The van der Waals surface area contributed by atoms with E-state index in [9.17, 15) is 4.79 Å². The van der Waals surface area contributed by atoms with Gasteiger partial charge in [0.25, 0.3) is 0 Å². The number of fused-ring (bicyclic) bond motifs is 1. The second kappa shape index (κ2) is 5.23. The Labute approximate surface area is 110 Å². The molecule has 0 fully saturated rings. The van der Waals surface area contributed by atoms with Crippen LogP contribution < -0.4 is 5.32 Å². The number of rotatable bonds is 3. The predicted octanol–water partition coefficient (Wildman–Crippen LogP) is 2.78. The second-order valence-corrected chi connectivity index (χ2v) is 4.28.